The van der Waals surface area contributed by atoms with Crippen molar-refractivity contribution in [3.8, 4) is 5.75 Å². The molecule has 96 valence electrons. The summed E-state index contributed by atoms with van der Waals surface area (Å²) in [6.45, 7) is 3.98. The summed E-state index contributed by atoms with van der Waals surface area (Å²) in [4.78, 5) is 5.80. The zero-order valence-corrected chi connectivity index (χ0v) is 13.6. The van der Waals surface area contributed by atoms with Crippen LogP contribution in [-0.2, 0) is 0 Å². The van der Waals surface area contributed by atoms with Gasteiger partial charge >= 0.3 is 0 Å². The van der Waals surface area contributed by atoms with Crippen molar-refractivity contribution in [3.63, 3.8) is 0 Å². The van der Waals surface area contributed by atoms with Crippen LogP contribution in [0, 0.1) is 13.8 Å². The highest BCUT2D eigenvalue weighted by atomic mass is 79.9. The van der Waals surface area contributed by atoms with E-state index in [-0.39, 0.29) is 0 Å². The van der Waals surface area contributed by atoms with Crippen LogP contribution in [0.3, 0.4) is 0 Å². The van der Waals surface area contributed by atoms with Crippen molar-refractivity contribution in [2.24, 2.45) is 0 Å². The van der Waals surface area contributed by atoms with Gasteiger partial charge in [0.1, 0.15) is 0 Å². The Morgan fingerprint density at radius 1 is 1.22 bits per heavy atom. The van der Waals surface area contributed by atoms with E-state index in [1.54, 1.807) is 16.7 Å². The largest absolute Gasteiger partial charge is 0.368 e. The fourth-order valence-corrected chi connectivity index (χ4v) is 3.58. The third kappa shape index (κ3) is 3.38. The fraction of sp³-hybridized carbons (Fsp3) is 0.167. The Balaban J connectivity index is 2.23. The predicted octanol–water partition coefficient (Wildman–Crippen LogP) is 5.48. The highest BCUT2D eigenvalue weighted by molar-refractivity contribution is 9.10. The van der Waals surface area contributed by atoms with Crippen molar-refractivity contribution >= 4 is 51.1 Å². The SMILES string of the molecule is Cc1cc(Br)cc(C)c1ON1C=C(Cl)C=C(Cl)S1. The average Bonchev–Trinajstić information content (AvgIpc) is 2.22. The van der Waals surface area contributed by atoms with Crippen LogP contribution < -0.4 is 4.84 Å². The van der Waals surface area contributed by atoms with Gasteiger partial charge in [-0.25, -0.2) is 0 Å². The van der Waals surface area contributed by atoms with Gasteiger partial charge in [0, 0.05) is 16.4 Å². The highest BCUT2D eigenvalue weighted by Crippen LogP contribution is 2.35. The molecule has 6 heteroatoms. The quantitative estimate of drug-likeness (QED) is 0.642. The van der Waals surface area contributed by atoms with Gasteiger partial charge in [-0.3, -0.25) is 0 Å². The number of halogens is 3. The molecule has 0 spiro atoms. The maximum Gasteiger partial charge on any atom is 0.162 e. The Morgan fingerprint density at radius 2 is 1.83 bits per heavy atom. The van der Waals surface area contributed by atoms with E-state index in [0.29, 0.717) is 9.40 Å². The molecule has 2 nitrogen and oxygen atoms in total. The molecule has 0 radical (unpaired) electrons. The fourth-order valence-electron chi connectivity index (χ4n) is 1.56. The number of benzene rings is 1. The van der Waals surface area contributed by atoms with Crippen LogP contribution in [0.2, 0.25) is 0 Å². The summed E-state index contributed by atoms with van der Waals surface area (Å²) >= 11 is 16.6. The predicted molar refractivity (Wildman–Crippen MR) is 81.5 cm³/mol. The normalized spacial score (nSPS) is 15.3. The van der Waals surface area contributed by atoms with Gasteiger partial charge in [0.2, 0.25) is 0 Å². The van der Waals surface area contributed by atoms with Gasteiger partial charge in [0.15, 0.2) is 5.75 Å². The number of hydrogen-bond acceptors (Lipinski definition) is 3. The van der Waals surface area contributed by atoms with Crippen LogP contribution >= 0.6 is 51.1 Å². The number of rotatable bonds is 2. The molecule has 1 aliphatic rings. The molecule has 0 amide bonds. The summed E-state index contributed by atoms with van der Waals surface area (Å²) in [5, 5.41) is 0.533. The van der Waals surface area contributed by atoms with Crippen LogP contribution in [0.25, 0.3) is 0 Å². The second kappa shape index (κ2) is 5.78. The molecule has 0 saturated carbocycles. The molecule has 0 aromatic heterocycles. The summed E-state index contributed by atoms with van der Waals surface area (Å²) in [7, 11) is 0. The molecule has 0 fully saturated rings. The maximum absolute atomic E-state index is 5.95. The van der Waals surface area contributed by atoms with Crippen LogP contribution in [0.4, 0.5) is 0 Å². The third-order valence-corrected chi connectivity index (χ3v) is 3.90. The van der Waals surface area contributed by atoms with Crippen molar-refractivity contribution in [3.05, 3.63) is 49.4 Å². The number of hydrogen-bond donors (Lipinski definition) is 0. The van der Waals surface area contributed by atoms with Gasteiger partial charge in [-0.15, -0.1) is 0 Å². The average molecular weight is 367 g/mol. The van der Waals surface area contributed by atoms with Crippen molar-refractivity contribution in [1.29, 1.82) is 0 Å². The lowest BCUT2D eigenvalue weighted by molar-refractivity contribution is 0.101. The summed E-state index contributed by atoms with van der Waals surface area (Å²) < 4.78 is 3.14. The first-order valence-electron chi connectivity index (χ1n) is 5.12. The molecule has 0 aliphatic carbocycles. The van der Waals surface area contributed by atoms with Crippen LogP contribution in [0.5, 0.6) is 5.75 Å². The van der Waals surface area contributed by atoms with Crippen molar-refractivity contribution in [2.45, 2.75) is 13.8 Å². The Labute approximate surface area is 129 Å². The van der Waals surface area contributed by atoms with E-state index in [0.717, 1.165) is 21.3 Å². The number of hydroxylamine groups is 1. The molecule has 18 heavy (non-hydrogen) atoms. The van der Waals surface area contributed by atoms with Crippen LogP contribution in [-0.4, -0.2) is 4.47 Å². The number of nitrogens with zero attached hydrogens (tertiary/aromatic N) is 1. The van der Waals surface area contributed by atoms with E-state index >= 15 is 0 Å². The molecule has 0 unspecified atom stereocenters. The summed E-state index contributed by atoms with van der Waals surface area (Å²) in [6.07, 6.45) is 3.36. The smallest absolute Gasteiger partial charge is 0.162 e. The maximum atomic E-state index is 5.95. The second-order valence-electron chi connectivity index (χ2n) is 3.80. The van der Waals surface area contributed by atoms with Crippen LogP contribution in [0.1, 0.15) is 11.1 Å². The zero-order valence-electron chi connectivity index (χ0n) is 9.71. The van der Waals surface area contributed by atoms with Crippen LogP contribution in [0.15, 0.2) is 38.3 Å². The van der Waals surface area contributed by atoms with E-state index in [4.69, 9.17) is 28.0 Å². The topological polar surface area (TPSA) is 12.5 Å². The standard InChI is InChI=1S/C12H10BrCl2NOS/c1-7-3-9(13)4-8(2)12(7)17-16-6-10(14)5-11(15)18-16/h3-6H,1-2H3. The molecular formula is C12H10BrCl2NOS. The third-order valence-electron chi connectivity index (χ3n) is 2.26. The van der Waals surface area contributed by atoms with Crippen molar-refractivity contribution in [1.82, 2.24) is 4.47 Å². The van der Waals surface area contributed by atoms with Gasteiger partial charge < -0.3 is 4.84 Å². The Bertz CT molecular complexity index is 522. The molecule has 1 aliphatic heterocycles. The molecule has 0 atom stereocenters. The van der Waals surface area contributed by atoms with Crippen molar-refractivity contribution in [2.75, 3.05) is 0 Å². The Hall–Kier alpha value is -0.290. The molecule has 1 aromatic carbocycles. The highest BCUT2D eigenvalue weighted by Gasteiger charge is 2.15. The molecule has 1 heterocycles. The molecule has 0 bridgehead atoms. The van der Waals surface area contributed by atoms with Gasteiger partial charge in [-0.05, 0) is 43.2 Å². The summed E-state index contributed by atoms with van der Waals surface area (Å²) in [5.74, 6) is 0.804. The monoisotopic (exact) mass is 365 g/mol. The van der Waals surface area contributed by atoms with E-state index in [9.17, 15) is 0 Å². The van der Waals surface area contributed by atoms with E-state index < -0.39 is 0 Å². The summed E-state index contributed by atoms with van der Waals surface area (Å²) in [6, 6.07) is 4.00. The van der Waals surface area contributed by atoms with Gasteiger partial charge in [0.05, 0.1) is 15.6 Å². The van der Waals surface area contributed by atoms with E-state index in [1.807, 2.05) is 26.0 Å². The molecule has 0 N–H and O–H groups in total. The molecule has 0 saturated heterocycles. The minimum atomic E-state index is 0.533. The number of allylic oxidation sites excluding steroid dienone is 2. The molecule has 1 aromatic rings. The van der Waals surface area contributed by atoms with E-state index in [1.165, 1.54) is 11.9 Å². The lowest BCUT2D eigenvalue weighted by Crippen LogP contribution is -2.16. The van der Waals surface area contributed by atoms with Gasteiger partial charge in [-0.1, -0.05) is 39.1 Å². The first-order valence-corrected chi connectivity index (χ1v) is 7.44. The number of aryl methyl sites for hydroxylation is 2. The Morgan fingerprint density at radius 3 is 2.39 bits per heavy atom. The Kier molecular flexibility index (Phi) is 4.54. The lowest BCUT2D eigenvalue weighted by Gasteiger charge is -2.23. The minimum Gasteiger partial charge on any atom is -0.368 e. The summed E-state index contributed by atoms with van der Waals surface area (Å²) in [5.41, 5.74) is 2.08. The van der Waals surface area contributed by atoms with Gasteiger partial charge in [-0.2, -0.15) is 4.47 Å². The zero-order chi connectivity index (χ0) is 13.3. The lowest BCUT2D eigenvalue weighted by atomic mass is 10.1. The van der Waals surface area contributed by atoms with Gasteiger partial charge in [0.25, 0.3) is 0 Å². The first kappa shape index (κ1) is 14.1. The van der Waals surface area contributed by atoms with Crippen molar-refractivity contribution < 1.29 is 4.84 Å². The minimum absolute atomic E-state index is 0.533. The second-order valence-corrected chi connectivity index (χ2v) is 6.76. The molecular weight excluding hydrogens is 357 g/mol. The molecule has 2 rings (SSSR count). The first-order chi connectivity index (χ1) is 8.45. The van der Waals surface area contributed by atoms with E-state index in [2.05, 4.69) is 15.9 Å².